The van der Waals surface area contributed by atoms with E-state index in [9.17, 15) is 4.79 Å². The molecule has 0 saturated carbocycles. The van der Waals surface area contributed by atoms with Gasteiger partial charge in [-0.15, -0.1) is 22.6 Å². The van der Waals surface area contributed by atoms with Crippen LogP contribution in [0.15, 0.2) is 0 Å². The fourth-order valence-corrected chi connectivity index (χ4v) is 2.19. The number of hydrogen-bond donors (Lipinski definition) is 3. The quantitative estimate of drug-likeness (QED) is 0.727. The molecule has 1 aliphatic heterocycles. The molecule has 0 radical (unpaired) electrons. The van der Waals surface area contributed by atoms with E-state index in [1.807, 2.05) is 13.8 Å². The molecular formula is C11H21ClN6O. The summed E-state index contributed by atoms with van der Waals surface area (Å²) in [7, 11) is 0. The molecule has 1 unspecified atom stereocenters. The topological polar surface area (TPSA) is 95.6 Å². The minimum atomic E-state index is -0.585. The molecule has 0 spiro atoms. The van der Waals surface area contributed by atoms with E-state index in [0.29, 0.717) is 18.2 Å². The van der Waals surface area contributed by atoms with Gasteiger partial charge >= 0.3 is 0 Å². The molecular weight excluding hydrogens is 268 g/mol. The van der Waals surface area contributed by atoms with E-state index in [-0.39, 0.29) is 18.3 Å². The van der Waals surface area contributed by atoms with Crippen molar-refractivity contribution in [1.29, 1.82) is 0 Å². The van der Waals surface area contributed by atoms with E-state index in [1.54, 1.807) is 0 Å². The van der Waals surface area contributed by atoms with E-state index in [0.717, 1.165) is 19.5 Å². The Kier molecular flexibility index (Phi) is 5.68. The molecule has 1 fully saturated rings. The zero-order valence-electron chi connectivity index (χ0n) is 11.3. The molecule has 108 valence electrons. The lowest BCUT2D eigenvalue weighted by molar-refractivity contribution is -0.123. The number of carbonyl (C=O) groups is 1. The lowest BCUT2D eigenvalue weighted by atomic mass is 10.0. The van der Waals surface area contributed by atoms with Gasteiger partial charge in [-0.3, -0.25) is 4.79 Å². The first-order chi connectivity index (χ1) is 8.58. The third kappa shape index (κ3) is 4.43. The van der Waals surface area contributed by atoms with Gasteiger partial charge in [-0.1, -0.05) is 5.21 Å². The predicted octanol–water partition coefficient (Wildman–Crippen LogP) is 0.362. The molecule has 1 aromatic rings. The van der Waals surface area contributed by atoms with Gasteiger partial charge in [-0.25, -0.2) is 0 Å². The van der Waals surface area contributed by atoms with Gasteiger partial charge in [0.1, 0.15) is 0 Å². The lowest BCUT2D eigenvalue weighted by Crippen LogP contribution is -2.42. The second-order valence-corrected chi connectivity index (χ2v) is 5.31. The minimum Gasteiger partial charge on any atom is -0.344 e. The van der Waals surface area contributed by atoms with E-state index in [1.165, 1.54) is 6.42 Å². The zero-order chi connectivity index (χ0) is 13.0. The highest BCUT2D eigenvalue weighted by molar-refractivity contribution is 5.85. The summed E-state index contributed by atoms with van der Waals surface area (Å²) in [5.41, 5.74) is -0.585. The van der Waals surface area contributed by atoms with Crippen molar-refractivity contribution in [3.63, 3.8) is 0 Å². The van der Waals surface area contributed by atoms with Crippen molar-refractivity contribution in [3.05, 3.63) is 5.82 Å². The second kappa shape index (κ2) is 6.81. The highest BCUT2D eigenvalue weighted by Crippen LogP contribution is 2.17. The molecule has 0 bridgehead atoms. The number of halogens is 1. The first-order valence-electron chi connectivity index (χ1n) is 6.33. The number of nitrogens with zero attached hydrogens (tertiary/aromatic N) is 3. The Morgan fingerprint density at radius 1 is 1.53 bits per heavy atom. The maximum absolute atomic E-state index is 11.9. The van der Waals surface area contributed by atoms with Crippen molar-refractivity contribution >= 4 is 18.3 Å². The van der Waals surface area contributed by atoms with Crippen molar-refractivity contribution in [2.75, 3.05) is 13.1 Å². The Labute approximate surface area is 118 Å². The third-order valence-electron chi connectivity index (χ3n) is 3.30. The summed E-state index contributed by atoms with van der Waals surface area (Å²) in [6.45, 7) is 5.84. The van der Waals surface area contributed by atoms with E-state index < -0.39 is 5.54 Å². The van der Waals surface area contributed by atoms with Gasteiger partial charge in [-0.05, 0) is 45.7 Å². The fraction of sp³-hybridized carbons (Fsp3) is 0.818. The van der Waals surface area contributed by atoms with Crippen molar-refractivity contribution in [2.24, 2.45) is 5.92 Å². The van der Waals surface area contributed by atoms with Crippen LogP contribution in [0.3, 0.4) is 0 Å². The van der Waals surface area contributed by atoms with Gasteiger partial charge in [0.2, 0.25) is 5.91 Å². The SMILES string of the molecule is CC(C)(NC(=O)CCC1CCNC1)c1nn[nH]n1.Cl. The number of amides is 1. The van der Waals surface area contributed by atoms with Gasteiger partial charge in [0.25, 0.3) is 0 Å². The molecule has 1 saturated heterocycles. The molecule has 2 heterocycles. The van der Waals surface area contributed by atoms with E-state index >= 15 is 0 Å². The normalized spacial score (nSPS) is 18.9. The van der Waals surface area contributed by atoms with Crippen LogP contribution in [0.1, 0.15) is 38.9 Å². The van der Waals surface area contributed by atoms with E-state index in [4.69, 9.17) is 0 Å². The Balaban J connectivity index is 0.00000180. The van der Waals surface area contributed by atoms with Crippen LogP contribution in [-0.2, 0) is 10.3 Å². The van der Waals surface area contributed by atoms with Crippen LogP contribution in [0.25, 0.3) is 0 Å². The Morgan fingerprint density at radius 2 is 2.32 bits per heavy atom. The number of hydrogen-bond acceptors (Lipinski definition) is 5. The second-order valence-electron chi connectivity index (χ2n) is 5.31. The van der Waals surface area contributed by atoms with Crippen LogP contribution >= 0.6 is 12.4 Å². The first-order valence-corrected chi connectivity index (χ1v) is 6.33. The van der Waals surface area contributed by atoms with Gasteiger partial charge in [-0.2, -0.15) is 5.21 Å². The fourth-order valence-electron chi connectivity index (χ4n) is 2.19. The van der Waals surface area contributed by atoms with Crippen molar-refractivity contribution in [3.8, 4) is 0 Å². The lowest BCUT2D eigenvalue weighted by Gasteiger charge is -2.22. The standard InChI is InChI=1S/C11H20N6O.ClH/c1-11(2,10-14-16-17-15-10)13-9(18)4-3-8-5-6-12-7-8;/h8,12H,3-7H2,1-2H3,(H,13,18)(H,14,15,16,17);1H. The van der Waals surface area contributed by atoms with Gasteiger partial charge in [0, 0.05) is 6.42 Å². The summed E-state index contributed by atoms with van der Waals surface area (Å²) in [5, 5.41) is 20.0. The van der Waals surface area contributed by atoms with Crippen molar-refractivity contribution in [1.82, 2.24) is 31.3 Å². The molecule has 1 amide bonds. The number of nitrogens with one attached hydrogen (secondary N) is 3. The Morgan fingerprint density at radius 3 is 2.89 bits per heavy atom. The van der Waals surface area contributed by atoms with Crippen molar-refractivity contribution in [2.45, 2.75) is 38.6 Å². The molecule has 1 atom stereocenters. The highest BCUT2D eigenvalue weighted by atomic mass is 35.5. The number of rotatable bonds is 5. The number of carbonyl (C=O) groups excluding carboxylic acids is 1. The van der Waals surface area contributed by atoms with Gasteiger partial charge in [0.05, 0.1) is 5.54 Å². The molecule has 19 heavy (non-hydrogen) atoms. The van der Waals surface area contributed by atoms with Gasteiger partial charge in [0.15, 0.2) is 5.82 Å². The molecule has 7 nitrogen and oxygen atoms in total. The van der Waals surface area contributed by atoms with Crippen LogP contribution in [0, 0.1) is 5.92 Å². The average Bonchev–Trinajstić information content (AvgIpc) is 2.99. The summed E-state index contributed by atoms with van der Waals surface area (Å²) in [5.74, 6) is 1.17. The smallest absolute Gasteiger partial charge is 0.220 e. The van der Waals surface area contributed by atoms with Gasteiger partial charge < -0.3 is 10.6 Å². The molecule has 8 heteroatoms. The van der Waals surface area contributed by atoms with Crippen LogP contribution in [-0.4, -0.2) is 39.6 Å². The van der Waals surface area contributed by atoms with Crippen LogP contribution in [0.4, 0.5) is 0 Å². The first kappa shape index (κ1) is 15.8. The predicted molar refractivity (Wildman–Crippen MR) is 72.8 cm³/mol. The minimum absolute atomic E-state index is 0. The summed E-state index contributed by atoms with van der Waals surface area (Å²) in [4.78, 5) is 11.9. The number of aromatic nitrogens is 4. The maximum Gasteiger partial charge on any atom is 0.220 e. The van der Waals surface area contributed by atoms with Crippen molar-refractivity contribution < 1.29 is 4.79 Å². The summed E-state index contributed by atoms with van der Waals surface area (Å²) in [6.07, 6.45) is 2.65. The monoisotopic (exact) mass is 288 g/mol. The summed E-state index contributed by atoms with van der Waals surface area (Å²) < 4.78 is 0. The maximum atomic E-state index is 11.9. The summed E-state index contributed by atoms with van der Waals surface area (Å²) >= 11 is 0. The number of H-pyrrole nitrogens is 1. The van der Waals surface area contributed by atoms with Crippen LogP contribution < -0.4 is 10.6 Å². The molecule has 1 aromatic heterocycles. The Bertz CT molecular complexity index is 388. The van der Waals surface area contributed by atoms with E-state index in [2.05, 4.69) is 31.3 Å². The number of aromatic amines is 1. The third-order valence-corrected chi connectivity index (χ3v) is 3.30. The Hall–Kier alpha value is -1.21. The van der Waals surface area contributed by atoms with Crippen LogP contribution in [0.2, 0.25) is 0 Å². The molecule has 1 aliphatic rings. The molecule has 2 rings (SSSR count). The number of tetrazole rings is 1. The van der Waals surface area contributed by atoms with Crippen LogP contribution in [0.5, 0.6) is 0 Å². The largest absolute Gasteiger partial charge is 0.344 e. The average molecular weight is 289 g/mol. The summed E-state index contributed by atoms with van der Waals surface area (Å²) in [6, 6.07) is 0. The zero-order valence-corrected chi connectivity index (χ0v) is 12.1. The molecule has 3 N–H and O–H groups in total. The molecule has 0 aromatic carbocycles. The highest BCUT2D eigenvalue weighted by Gasteiger charge is 2.27. The molecule has 0 aliphatic carbocycles.